The fourth-order valence-electron chi connectivity index (χ4n) is 5.49. The maximum absolute atomic E-state index is 13.2. The standard InChI is InChI=1S/C27H28F2N6O/c1-16-10-31-26-21(16)9-19(11-32-26)18-7-17-4-6-34(14-23(17)22(8-18)24-3-2-5-30-24)27(36)20-12-33-35(13-20)15-25(28)29/h7-13,24-25,30H,2-6,14-15H2,1H3,(H,31,32). The molecule has 0 radical (unpaired) electrons. The molecule has 1 atom stereocenters. The molecule has 0 saturated carbocycles. The number of hydrogen-bond acceptors (Lipinski definition) is 4. The Balaban J connectivity index is 1.34. The summed E-state index contributed by atoms with van der Waals surface area (Å²) in [5.74, 6) is -0.173. The summed E-state index contributed by atoms with van der Waals surface area (Å²) in [7, 11) is 0. The lowest BCUT2D eigenvalue weighted by atomic mass is 9.87. The molecule has 0 bridgehead atoms. The van der Waals surface area contributed by atoms with Crippen LogP contribution in [-0.2, 0) is 19.5 Å². The summed E-state index contributed by atoms with van der Waals surface area (Å²) >= 11 is 0. The molecule has 2 N–H and O–H groups in total. The van der Waals surface area contributed by atoms with E-state index in [0.717, 1.165) is 52.6 Å². The van der Waals surface area contributed by atoms with Crippen LogP contribution in [0.3, 0.4) is 0 Å². The van der Waals surface area contributed by atoms with Crippen molar-refractivity contribution in [2.45, 2.75) is 51.7 Å². The lowest BCUT2D eigenvalue weighted by molar-refractivity contribution is 0.0733. The van der Waals surface area contributed by atoms with Gasteiger partial charge in [-0.2, -0.15) is 5.10 Å². The van der Waals surface area contributed by atoms with Crippen molar-refractivity contribution in [1.82, 2.24) is 30.0 Å². The number of alkyl halides is 2. The number of aromatic nitrogens is 4. The molecule has 1 unspecified atom stereocenters. The number of H-pyrrole nitrogens is 1. The number of hydrogen-bond donors (Lipinski definition) is 2. The molecule has 2 aliphatic rings. The fourth-order valence-corrected chi connectivity index (χ4v) is 5.49. The summed E-state index contributed by atoms with van der Waals surface area (Å²) in [6.07, 6.45) is 7.09. The number of nitrogens with zero attached hydrogens (tertiary/aromatic N) is 4. The highest BCUT2D eigenvalue weighted by Gasteiger charge is 2.29. The molecule has 3 aromatic heterocycles. The molecule has 9 heteroatoms. The van der Waals surface area contributed by atoms with Crippen molar-refractivity contribution >= 4 is 16.9 Å². The van der Waals surface area contributed by atoms with E-state index >= 15 is 0 Å². The largest absolute Gasteiger partial charge is 0.346 e. The highest BCUT2D eigenvalue weighted by Crippen LogP contribution is 2.36. The van der Waals surface area contributed by atoms with Crippen LogP contribution in [0.2, 0.25) is 0 Å². The van der Waals surface area contributed by atoms with Gasteiger partial charge in [0.1, 0.15) is 12.2 Å². The lowest BCUT2D eigenvalue weighted by Crippen LogP contribution is -2.37. The van der Waals surface area contributed by atoms with Crippen molar-refractivity contribution in [1.29, 1.82) is 0 Å². The molecule has 1 amide bonds. The number of amides is 1. The Kier molecular flexibility index (Phi) is 5.79. The zero-order valence-corrected chi connectivity index (χ0v) is 20.1. The molecule has 7 nitrogen and oxygen atoms in total. The summed E-state index contributed by atoms with van der Waals surface area (Å²) in [5, 5.41) is 8.68. The minimum atomic E-state index is -2.51. The molecule has 0 spiro atoms. The quantitative estimate of drug-likeness (QED) is 0.428. The van der Waals surface area contributed by atoms with Gasteiger partial charge >= 0.3 is 0 Å². The third kappa shape index (κ3) is 4.17. The van der Waals surface area contributed by atoms with Gasteiger partial charge < -0.3 is 15.2 Å². The number of nitrogens with one attached hydrogen (secondary N) is 2. The molecule has 2 aliphatic heterocycles. The molecular formula is C27H28F2N6O. The van der Waals surface area contributed by atoms with E-state index in [1.807, 2.05) is 12.4 Å². The Morgan fingerprint density at radius 1 is 1.22 bits per heavy atom. The maximum Gasteiger partial charge on any atom is 0.257 e. The van der Waals surface area contributed by atoms with E-state index in [2.05, 4.69) is 45.5 Å². The average Bonchev–Trinajstić information content (AvgIpc) is 3.64. The van der Waals surface area contributed by atoms with Crippen molar-refractivity contribution in [2.24, 2.45) is 0 Å². The number of fused-ring (bicyclic) bond motifs is 2. The van der Waals surface area contributed by atoms with Gasteiger partial charge in [-0.3, -0.25) is 9.48 Å². The first kappa shape index (κ1) is 22.8. The van der Waals surface area contributed by atoms with Crippen LogP contribution >= 0.6 is 0 Å². The number of rotatable bonds is 5. The minimum Gasteiger partial charge on any atom is -0.346 e. The SMILES string of the molecule is Cc1c[nH]c2ncc(-c3cc4c(c(C5CCCN5)c3)CN(C(=O)c3cnn(CC(F)F)c3)CC4)cc12. The Morgan fingerprint density at radius 3 is 2.92 bits per heavy atom. The number of halogens is 2. The van der Waals surface area contributed by atoms with Crippen molar-refractivity contribution in [3.05, 3.63) is 70.8 Å². The molecule has 4 aromatic rings. The predicted octanol–water partition coefficient (Wildman–Crippen LogP) is 4.62. The van der Waals surface area contributed by atoms with Gasteiger partial charge in [0.2, 0.25) is 0 Å². The third-order valence-electron chi connectivity index (χ3n) is 7.38. The number of pyridine rings is 1. The first-order chi connectivity index (χ1) is 17.5. The number of aryl methyl sites for hydroxylation is 1. The monoisotopic (exact) mass is 490 g/mol. The number of aromatic amines is 1. The summed E-state index contributed by atoms with van der Waals surface area (Å²) in [4.78, 5) is 22.9. The Labute approximate surface area is 207 Å². The normalized spacial score (nSPS) is 17.8. The Hall–Kier alpha value is -3.59. The molecule has 36 heavy (non-hydrogen) atoms. The van der Waals surface area contributed by atoms with Gasteiger partial charge in [0.15, 0.2) is 0 Å². The molecule has 186 valence electrons. The van der Waals surface area contributed by atoms with Crippen molar-refractivity contribution in [3.8, 4) is 11.1 Å². The van der Waals surface area contributed by atoms with Crippen LogP contribution in [0.4, 0.5) is 8.78 Å². The van der Waals surface area contributed by atoms with Gasteiger partial charge in [0, 0.05) is 48.7 Å². The fraction of sp³-hybridized carbons (Fsp3) is 0.370. The maximum atomic E-state index is 13.2. The van der Waals surface area contributed by atoms with Gasteiger partial charge in [0.05, 0.1) is 11.8 Å². The predicted molar refractivity (Wildman–Crippen MR) is 133 cm³/mol. The molecule has 1 saturated heterocycles. The van der Waals surface area contributed by atoms with Gasteiger partial charge in [-0.15, -0.1) is 0 Å². The van der Waals surface area contributed by atoms with Crippen molar-refractivity contribution in [3.63, 3.8) is 0 Å². The second kappa shape index (κ2) is 9.13. The second-order valence-corrected chi connectivity index (χ2v) is 9.76. The van der Waals surface area contributed by atoms with Crippen molar-refractivity contribution in [2.75, 3.05) is 13.1 Å². The van der Waals surface area contributed by atoms with Crippen LogP contribution < -0.4 is 5.32 Å². The van der Waals surface area contributed by atoms with Gasteiger partial charge in [-0.05, 0) is 72.7 Å². The molecule has 0 aliphatic carbocycles. The van der Waals surface area contributed by atoms with Crippen LogP contribution in [0.15, 0.2) is 43.0 Å². The van der Waals surface area contributed by atoms with E-state index in [-0.39, 0.29) is 11.9 Å². The third-order valence-corrected chi connectivity index (χ3v) is 7.38. The van der Waals surface area contributed by atoms with E-state index in [1.54, 1.807) is 4.90 Å². The second-order valence-electron chi connectivity index (χ2n) is 9.76. The average molecular weight is 491 g/mol. The zero-order valence-electron chi connectivity index (χ0n) is 20.1. The van der Waals surface area contributed by atoms with Crippen LogP contribution in [0, 0.1) is 6.92 Å². The van der Waals surface area contributed by atoms with Gasteiger partial charge in [0.25, 0.3) is 12.3 Å². The van der Waals surface area contributed by atoms with Crippen LogP contribution in [0.5, 0.6) is 0 Å². The van der Waals surface area contributed by atoms with E-state index in [0.29, 0.717) is 18.7 Å². The van der Waals surface area contributed by atoms with Gasteiger partial charge in [-0.25, -0.2) is 13.8 Å². The first-order valence-corrected chi connectivity index (χ1v) is 12.4. The number of carbonyl (C=O) groups excluding carboxylic acids is 1. The summed E-state index contributed by atoms with van der Waals surface area (Å²) < 4.78 is 26.6. The van der Waals surface area contributed by atoms with E-state index in [4.69, 9.17) is 0 Å². The van der Waals surface area contributed by atoms with E-state index < -0.39 is 13.0 Å². The van der Waals surface area contributed by atoms with E-state index in [1.165, 1.54) is 34.6 Å². The zero-order chi connectivity index (χ0) is 24.8. The molecule has 6 rings (SSSR count). The van der Waals surface area contributed by atoms with Crippen molar-refractivity contribution < 1.29 is 13.6 Å². The summed E-state index contributed by atoms with van der Waals surface area (Å²) in [5.41, 5.74) is 8.29. The van der Waals surface area contributed by atoms with Gasteiger partial charge in [-0.1, -0.05) is 6.07 Å². The molecule has 5 heterocycles. The molecule has 1 fully saturated rings. The smallest absolute Gasteiger partial charge is 0.257 e. The minimum absolute atomic E-state index is 0.173. The topological polar surface area (TPSA) is 78.8 Å². The summed E-state index contributed by atoms with van der Waals surface area (Å²) in [6.45, 7) is 3.61. The Bertz CT molecular complexity index is 1440. The number of benzene rings is 1. The van der Waals surface area contributed by atoms with Crippen LogP contribution in [0.1, 0.15) is 51.5 Å². The first-order valence-electron chi connectivity index (χ1n) is 12.4. The highest BCUT2D eigenvalue weighted by atomic mass is 19.3. The highest BCUT2D eigenvalue weighted by molar-refractivity contribution is 5.94. The number of carbonyl (C=O) groups is 1. The molecule has 1 aromatic carbocycles. The lowest BCUT2D eigenvalue weighted by Gasteiger charge is -2.32. The van der Waals surface area contributed by atoms with Crippen LogP contribution in [0.25, 0.3) is 22.2 Å². The van der Waals surface area contributed by atoms with Crippen LogP contribution in [-0.4, -0.2) is 50.1 Å². The Morgan fingerprint density at radius 2 is 2.11 bits per heavy atom. The van der Waals surface area contributed by atoms with E-state index in [9.17, 15) is 13.6 Å². The summed E-state index contributed by atoms with van der Waals surface area (Å²) in [6, 6.07) is 6.92. The molecular weight excluding hydrogens is 462 g/mol.